The maximum atomic E-state index is 13.0. The zero-order valence-electron chi connectivity index (χ0n) is 19.3. The van der Waals surface area contributed by atoms with Gasteiger partial charge in [-0.05, 0) is 48.9 Å². The highest BCUT2D eigenvalue weighted by atomic mass is 19.1. The molecular weight excluding hydrogens is 459 g/mol. The van der Waals surface area contributed by atoms with Crippen molar-refractivity contribution in [3.05, 3.63) is 76.7 Å². The molecule has 0 radical (unpaired) electrons. The summed E-state index contributed by atoms with van der Waals surface area (Å²) < 4.78 is 28.6. The Hall–Kier alpha value is -4.21. The van der Waals surface area contributed by atoms with Gasteiger partial charge >= 0.3 is 18.0 Å². The van der Waals surface area contributed by atoms with Gasteiger partial charge in [0.15, 0.2) is 5.78 Å². The Balaban J connectivity index is 1.73. The van der Waals surface area contributed by atoms with Crippen molar-refractivity contribution in [3.63, 3.8) is 0 Å². The van der Waals surface area contributed by atoms with Gasteiger partial charge in [0.1, 0.15) is 18.2 Å². The van der Waals surface area contributed by atoms with Gasteiger partial charge in [-0.3, -0.25) is 9.59 Å². The molecule has 3 rings (SSSR count). The van der Waals surface area contributed by atoms with Crippen LogP contribution in [0.3, 0.4) is 0 Å². The zero-order chi connectivity index (χ0) is 25.4. The third-order valence-electron chi connectivity index (χ3n) is 5.20. The van der Waals surface area contributed by atoms with E-state index in [9.17, 15) is 23.6 Å². The van der Waals surface area contributed by atoms with Crippen LogP contribution >= 0.6 is 0 Å². The van der Waals surface area contributed by atoms with Crippen molar-refractivity contribution in [2.24, 2.45) is 0 Å². The second-order valence-corrected chi connectivity index (χ2v) is 7.51. The van der Waals surface area contributed by atoms with Crippen molar-refractivity contribution in [1.29, 1.82) is 0 Å². The van der Waals surface area contributed by atoms with E-state index in [1.807, 2.05) is 0 Å². The Bertz CT molecular complexity index is 1130. The average Bonchev–Trinajstić information content (AvgIpc) is 2.86. The molecule has 1 aliphatic heterocycles. The number of ether oxygens (including phenoxy) is 3. The van der Waals surface area contributed by atoms with Gasteiger partial charge in [0.2, 0.25) is 0 Å². The van der Waals surface area contributed by atoms with Crippen molar-refractivity contribution in [2.75, 3.05) is 20.3 Å². The topological polar surface area (TPSA) is 120 Å². The smallest absolute Gasteiger partial charge is 0.338 e. The van der Waals surface area contributed by atoms with Crippen LogP contribution in [0.2, 0.25) is 0 Å². The number of methoxy groups -OCH3 is 1. The van der Waals surface area contributed by atoms with Crippen LogP contribution in [0.25, 0.3) is 0 Å². The lowest BCUT2D eigenvalue weighted by molar-refractivity contribution is -0.143. The maximum absolute atomic E-state index is 13.0. The summed E-state index contributed by atoms with van der Waals surface area (Å²) in [6, 6.07) is 10.3. The molecule has 0 saturated carbocycles. The van der Waals surface area contributed by atoms with E-state index in [4.69, 9.17) is 14.2 Å². The van der Waals surface area contributed by atoms with Crippen molar-refractivity contribution in [3.8, 4) is 5.75 Å². The van der Waals surface area contributed by atoms with E-state index < -0.39 is 36.4 Å². The summed E-state index contributed by atoms with van der Waals surface area (Å²) in [5.41, 5.74) is 1.04. The third kappa shape index (κ3) is 6.66. The van der Waals surface area contributed by atoms with Crippen molar-refractivity contribution >= 4 is 23.8 Å². The minimum atomic E-state index is -0.845. The average molecular weight is 484 g/mol. The lowest BCUT2D eigenvalue weighted by atomic mass is 9.95. The highest BCUT2D eigenvalue weighted by Gasteiger charge is 2.34. The van der Waals surface area contributed by atoms with Crippen LogP contribution in [0.15, 0.2) is 59.8 Å². The Kier molecular flexibility index (Phi) is 8.55. The van der Waals surface area contributed by atoms with Crippen molar-refractivity contribution in [1.82, 2.24) is 10.6 Å². The standard InChI is InChI=1S/C25H25FN2O7/c1-3-34-24(31)22-19(27-25(32)28-23(22)16-6-10-18(33-2)11-7-16)14-35-21(30)13-12-20(29)15-4-8-17(26)9-5-15/h4-11,23H,3,12-14H2,1-2H3,(H2,27,28,32). The van der Waals surface area contributed by atoms with E-state index >= 15 is 0 Å². The Labute approximate surface area is 201 Å². The molecule has 2 amide bonds. The van der Waals surface area contributed by atoms with Crippen molar-refractivity contribution < 1.29 is 37.8 Å². The number of urea groups is 1. The summed E-state index contributed by atoms with van der Waals surface area (Å²) in [4.78, 5) is 49.5. The molecule has 1 aliphatic rings. The molecular formula is C25H25FN2O7. The lowest BCUT2D eigenvalue weighted by Gasteiger charge is -2.29. The zero-order valence-corrected chi connectivity index (χ0v) is 19.3. The fourth-order valence-corrected chi connectivity index (χ4v) is 3.45. The van der Waals surface area contributed by atoms with Gasteiger partial charge in [-0.2, -0.15) is 0 Å². The van der Waals surface area contributed by atoms with E-state index in [1.54, 1.807) is 31.2 Å². The lowest BCUT2D eigenvalue weighted by Crippen LogP contribution is -2.47. The van der Waals surface area contributed by atoms with Crippen LogP contribution in [0.5, 0.6) is 5.75 Å². The predicted molar refractivity (Wildman–Crippen MR) is 122 cm³/mol. The second-order valence-electron chi connectivity index (χ2n) is 7.51. The number of benzene rings is 2. The number of ketones is 1. The van der Waals surface area contributed by atoms with Crippen LogP contribution < -0.4 is 15.4 Å². The Morgan fingerprint density at radius 2 is 1.66 bits per heavy atom. The van der Waals surface area contributed by atoms with Gasteiger partial charge in [-0.15, -0.1) is 0 Å². The van der Waals surface area contributed by atoms with E-state index in [2.05, 4.69) is 10.6 Å². The summed E-state index contributed by atoms with van der Waals surface area (Å²) >= 11 is 0. The minimum Gasteiger partial charge on any atom is -0.497 e. The predicted octanol–water partition coefficient (Wildman–Crippen LogP) is 3.21. The molecule has 2 aromatic carbocycles. The number of halogens is 1. The molecule has 0 aromatic heterocycles. The summed E-state index contributed by atoms with van der Waals surface area (Å²) in [6.07, 6.45) is -0.372. The number of rotatable bonds is 10. The number of nitrogens with one attached hydrogen (secondary N) is 2. The molecule has 10 heteroatoms. The summed E-state index contributed by atoms with van der Waals surface area (Å²) in [5.74, 6) is -1.60. The molecule has 184 valence electrons. The molecule has 2 N–H and O–H groups in total. The molecule has 1 heterocycles. The first-order valence-electron chi connectivity index (χ1n) is 10.9. The minimum absolute atomic E-state index is 0.0752. The van der Waals surface area contributed by atoms with Crippen LogP contribution in [-0.2, 0) is 19.1 Å². The number of esters is 2. The molecule has 35 heavy (non-hydrogen) atoms. The number of carbonyl (C=O) groups is 4. The summed E-state index contributed by atoms with van der Waals surface area (Å²) in [6.45, 7) is 1.34. The summed E-state index contributed by atoms with van der Waals surface area (Å²) in [7, 11) is 1.52. The molecule has 0 bridgehead atoms. The summed E-state index contributed by atoms with van der Waals surface area (Å²) in [5, 5.41) is 5.18. The fourth-order valence-electron chi connectivity index (χ4n) is 3.45. The molecule has 1 atom stereocenters. The van der Waals surface area contributed by atoms with Gasteiger partial charge in [0.05, 0.1) is 37.4 Å². The highest BCUT2D eigenvalue weighted by molar-refractivity contribution is 5.97. The number of hydrogen-bond acceptors (Lipinski definition) is 7. The maximum Gasteiger partial charge on any atom is 0.338 e. The Morgan fingerprint density at radius 3 is 2.29 bits per heavy atom. The van der Waals surface area contributed by atoms with E-state index in [-0.39, 0.29) is 42.1 Å². The second kappa shape index (κ2) is 11.8. The molecule has 0 aliphatic carbocycles. The van der Waals surface area contributed by atoms with Crippen LogP contribution in [0, 0.1) is 5.82 Å². The van der Waals surface area contributed by atoms with Gasteiger partial charge in [-0.1, -0.05) is 12.1 Å². The molecule has 0 saturated heterocycles. The Morgan fingerprint density at radius 1 is 0.971 bits per heavy atom. The van der Waals surface area contributed by atoms with E-state index in [1.165, 1.54) is 19.2 Å². The van der Waals surface area contributed by atoms with Crippen molar-refractivity contribution in [2.45, 2.75) is 25.8 Å². The first-order valence-corrected chi connectivity index (χ1v) is 10.9. The number of hydrogen-bond donors (Lipinski definition) is 2. The highest BCUT2D eigenvalue weighted by Crippen LogP contribution is 2.29. The normalized spacial score (nSPS) is 15.1. The van der Waals surface area contributed by atoms with Gasteiger partial charge < -0.3 is 24.8 Å². The third-order valence-corrected chi connectivity index (χ3v) is 5.20. The number of amides is 2. The SMILES string of the molecule is CCOC(=O)C1=C(COC(=O)CCC(=O)c2ccc(F)cc2)NC(=O)NC1c1ccc(OC)cc1. The molecule has 2 aromatic rings. The largest absolute Gasteiger partial charge is 0.497 e. The van der Waals surface area contributed by atoms with Gasteiger partial charge in [0, 0.05) is 12.0 Å². The molecule has 0 spiro atoms. The van der Waals surface area contributed by atoms with Crippen LogP contribution in [-0.4, -0.2) is 44.1 Å². The molecule has 0 fully saturated rings. The molecule has 1 unspecified atom stereocenters. The molecule has 9 nitrogen and oxygen atoms in total. The van der Waals surface area contributed by atoms with Gasteiger partial charge in [-0.25, -0.2) is 14.0 Å². The first-order chi connectivity index (χ1) is 16.8. The van der Waals surface area contributed by atoms with E-state index in [0.29, 0.717) is 11.3 Å². The fraction of sp³-hybridized carbons (Fsp3) is 0.280. The van der Waals surface area contributed by atoms with Gasteiger partial charge in [0.25, 0.3) is 0 Å². The number of carbonyl (C=O) groups excluding carboxylic acids is 4. The van der Waals surface area contributed by atoms with Crippen LogP contribution in [0.1, 0.15) is 41.7 Å². The number of Topliss-reactive ketones (excluding diaryl/α,β-unsaturated/α-hetero) is 1. The van der Waals surface area contributed by atoms with E-state index in [0.717, 1.165) is 12.1 Å². The quantitative estimate of drug-likeness (QED) is 0.392. The van der Waals surface area contributed by atoms with Crippen LogP contribution in [0.4, 0.5) is 9.18 Å². The monoisotopic (exact) mass is 484 g/mol. The first kappa shape index (κ1) is 25.4.